The topological polar surface area (TPSA) is 59.5 Å². The van der Waals surface area contributed by atoms with E-state index in [2.05, 4.69) is 24.0 Å². The van der Waals surface area contributed by atoms with Gasteiger partial charge < -0.3 is 9.64 Å². The van der Waals surface area contributed by atoms with Crippen LogP contribution in [0.3, 0.4) is 0 Å². The Kier molecular flexibility index (Phi) is 7.27. The third-order valence-corrected chi connectivity index (χ3v) is 6.65. The number of piperidine rings is 1. The van der Waals surface area contributed by atoms with Crippen molar-refractivity contribution in [3.8, 4) is 0 Å². The minimum atomic E-state index is -0.521. The molecular formula is C27H38N3O3+. The number of likely N-dealkylation sites (tertiary alicyclic amines) is 1. The van der Waals surface area contributed by atoms with Gasteiger partial charge in [-0.3, -0.25) is 9.78 Å². The minimum absolute atomic E-state index is 0.101. The van der Waals surface area contributed by atoms with Gasteiger partial charge in [-0.05, 0) is 57.4 Å². The quantitative estimate of drug-likeness (QED) is 0.610. The number of ether oxygens (including phenoxy) is 1. The lowest BCUT2D eigenvalue weighted by Crippen LogP contribution is -2.57. The number of quaternary nitrogens is 1. The zero-order chi connectivity index (χ0) is 24.4. The molecule has 1 aromatic heterocycles. The van der Waals surface area contributed by atoms with Crippen LogP contribution in [-0.4, -0.2) is 59.2 Å². The van der Waals surface area contributed by atoms with Gasteiger partial charge in [-0.15, -0.1) is 0 Å². The maximum absolute atomic E-state index is 13.7. The fraction of sp³-hybridized carbons (Fsp3) is 0.519. The Hall–Kier alpha value is -2.73. The molecule has 1 aliphatic heterocycles. The van der Waals surface area contributed by atoms with Crippen LogP contribution >= 0.6 is 0 Å². The molecule has 1 saturated heterocycles. The number of amides is 2. The van der Waals surface area contributed by atoms with Crippen LogP contribution in [0.5, 0.6) is 0 Å². The zero-order valence-electron chi connectivity index (χ0n) is 21.1. The monoisotopic (exact) mass is 452 g/mol. The summed E-state index contributed by atoms with van der Waals surface area (Å²) >= 11 is 0. The fourth-order valence-electron chi connectivity index (χ4n) is 4.57. The average molecular weight is 453 g/mol. The van der Waals surface area contributed by atoms with Crippen molar-refractivity contribution in [1.29, 1.82) is 0 Å². The van der Waals surface area contributed by atoms with E-state index in [4.69, 9.17) is 4.74 Å². The van der Waals surface area contributed by atoms with E-state index in [0.717, 1.165) is 22.4 Å². The Balaban J connectivity index is 1.82. The smallest absolute Gasteiger partial charge is 0.414 e. The summed E-state index contributed by atoms with van der Waals surface area (Å²) in [7, 11) is 3.79. The van der Waals surface area contributed by atoms with E-state index in [1.54, 1.807) is 6.20 Å². The first-order valence-corrected chi connectivity index (χ1v) is 11.7. The van der Waals surface area contributed by atoms with Crippen molar-refractivity contribution in [2.75, 3.05) is 27.2 Å². The number of carbonyl (C=O) groups is 2. The molecule has 2 amide bonds. The number of aryl methyl sites for hydroxylation is 2. The maximum Gasteiger partial charge on any atom is 0.516 e. The van der Waals surface area contributed by atoms with Crippen LogP contribution in [0.4, 0.5) is 4.79 Å². The lowest BCUT2D eigenvalue weighted by atomic mass is 9.90. The molecule has 1 aliphatic rings. The molecule has 178 valence electrons. The van der Waals surface area contributed by atoms with Gasteiger partial charge in [0.15, 0.2) is 0 Å². The SMILES string of the molecule is Cc1ccccc1C(c1ncccc1C)N(C)C(=O)C1CC[N+](C)(C(=O)OC(C)(C)C)CC1. The third-order valence-electron chi connectivity index (χ3n) is 6.65. The molecule has 6 nitrogen and oxygen atoms in total. The van der Waals surface area contributed by atoms with Crippen molar-refractivity contribution in [1.82, 2.24) is 9.88 Å². The number of rotatable bonds is 4. The molecule has 0 radical (unpaired) electrons. The lowest BCUT2D eigenvalue weighted by molar-refractivity contribution is -0.844. The predicted molar refractivity (Wildman–Crippen MR) is 130 cm³/mol. The first-order valence-electron chi connectivity index (χ1n) is 11.7. The van der Waals surface area contributed by atoms with Gasteiger partial charge in [0.1, 0.15) is 5.60 Å². The van der Waals surface area contributed by atoms with E-state index in [1.807, 2.05) is 71.0 Å². The number of carbonyl (C=O) groups excluding carboxylic acids is 2. The normalized spacial score (nSPS) is 21.8. The molecule has 2 aromatic rings. The highest BCUT2D eigenvalue weighted by Gasteiger charge is 2.43. The van der Waals surface area contributed by atoms with Crippen LogP contribution in [0.2, 0.25) is 0 Å². The van der Waals surface area contributed by atoms with E-state index < -0.39 is 5.60 Å². The van der Waals surface area contributed by atoms with Crippen molar-refractivity contribution in [2.45, 2.75) is 59.1 Å². The largest absolute Gasteiger partial charge is 0.516 e. The van der Waals surface area contributed by atoms with Crippen LogP contribution in [-0.2, 0) is 9.53 Å². The van der Waals surface area contributed by atoms with Gasteiger partial charge >= 0.3 is 6.09 Å². The number of hydrogen-bond donors (Lipinski definition) is 0. The Morgan fingerprint density at radius 2 is 1.67 bits per heavy atom. The highest BCUT2D eigenvalue weighted by atomic mass is 16.6. The molecular weight excluding hydrogens is 414 g/mol. The van der Waals surface area contributed by atoms with E-state index in [0.29, 0.717) is 25.9 Å². The Labute approximate surface area is 198 Å². The number of nitrogens with zero attached hydrogens (tertiary/aromatic N) is 3. The standard InChI is InChI=1S/C27H38N3O3/c1-19-11-8-9-13-22(19)24(23-20(2)12-10-16-28-23)29(6)25(31)21-14-17-30(7,18-15-21)26(32)33-27(3,4)5/h8-13,16,21,24H,14-15,17-18H2,1-7H3/q+1. The number of benzene rings is 1. The van der Waals surface area contributed by atoms with Gasteiger partial charge in [0.2, 0.25) is 5.91 Å². The average Bonchev–Trinajstić information content (AvgIpc) is 2.75. The summed E-state index contributed by atoms with van der Waals surface area (Å²) in [5.41, 5.74) is 3.65. The summed E-state index contributed by atoms with van der Waals surface area (Å²) in [6.07, 6.45) is 2.88. The number of pyridine rings is 1. The van der Waals surface area contributed by atoms with Crippen molar-refractivity contribution in [3.05, 3.63) is 65.0 Å². The van der Waals surface area contributed by atoms with Gasteiger partial charge in [-0.1, -0.05) is 30.3 Å². The van der Waals surface area contributed by atoms with E-state index in [-0.39, 0.29) is 28.4 Å². The molecule has 0 spiro atoms. The summed E-state index contributed by atoms with van der Waals surface area (Å²) in [5, 5.41) is 0. The second-order valence-corrected chi connectivity index (χ2v) is 10.5. The van der Waals surface area contributed by atoms with Crippen molar-refractivity contribution >= 4 is 12.0 Å². The van der Waals surface area contributed by atoms with Gasteiger partial charge in [-0.25, -0.2) is 4.48 Å². The van der Waals surface area contributed by atoms with E-state index >= 15 is 0 Å². The van der Waals surface area contributed by atoms with E-state index in [1.165, 1.54) is 0 Å². The second-order valence-electron chi connectivity index (χ2n) is 10.5. The highest BCUT2D eigenvalue weighted by molar-refractivity contribution is 5.80. The molecule has 0 aliphatic carbocycles. The molecule has 33 heavy (non-hydrogen) atoms. The van der Waals surface area contributed by atoms with Gasteiger partial charge in [0.25, 0.3) is 0 Å². The van der Waals surface area contributed by atoms with Crippen LogP contribution in [0.15, 0.2) is 42.6 Å². The second kappa shape index (κ2) is 9.64. The Bertz CT molecular complexity index is 958. The van der Waals surface area contributed by atoms with Gasteiger partial charge in [0, 0.05) is 32.0 Å². The molecule has 1 fully saturated rings. The Morgan fingerprint density at radius 3 is 2.24 bits per heavy atom. The van der Waals surface area contributed by atoms with Crippen LogP contribution in [0, 0.1) is 19.8 Å². The summed E-state index contributed by atoms with van der Waals surface area (Å²) in [6, 6.07) is 11.9. The third kappa shape index (κ3) is 5.61. The van der Waals surface area contributed by atoms with Crippen molar-refractivity contribution < 1.29 is 18.8 Å². The van der Waals surface area contributed by atoms with Gasteiger partial charge in [0.05, 0.1) is 31.9 Å². The molecule has 1 atom stereocenters. The van der Waals surface area contributed by atoms with E-state index in [9.17, 15) is 9.59 Å². The molecule has 0 bridgehead atoms. The first-order chi connectivity index (χ1) is 15.4. The van der Waals surface area contributed by atoms with Crippen molar-refractivity contribution in [2.24, 2.45) is 5.92 Å². The number of aromatic nitrogens is 1. The minimum Gasteiger partial charge on any atom is -0.414 e. The number of hydrogen-bond acceptors (Lipinski definition) is 4. The molecule has 6 heteroatoms. The molecule has 0 N–H and O–H groups in total. The van der Waals surface area contributed by atoms with Gasteiger partial charge in [-0.2, -0.15) is 4.79 Å². The van der Waals surface area contributed by atoms with Crippen molar-refractivity contribution in [3.63, 3.8) is 0 Å². The summed E-state index contributed by atoms with van der Waals surface area (Å²) in [6.45, 7) is 10.9. The molecule has 0 saturated carbocycles. The lowest BCUT2D eigenvalue weighted by Gasteiger charge is -2.39. The highest BCUT2D eigenvalue weighted by Crippen LogP contribution is 2.34. The van der Waals surface area contributed by atoms with Crippen LogP contribution < -0.4 is 0 Å². The van der Waals surface area contributed by atoms with Crippen LogP contribution in [0.25, 0.3) is 0 Å². The predicted octanol–water partition coefficient (Wildman–Crippen LogP) is 5.04. The zero-order valence-corrected chi connectivity index (χ0v) is 21.1. The fourth-order valence-corrected chi connectivity index (χ4v) is 4.57. The Morgan fingerprint density at radius 1 is 1.06 bits per heavy atom. The molecule has 1 aromatic carbocycles. The first kappa shape index (κ1) is 24.9. The summed E-state index contributed by atoms with van der Waals surface area (Å²) < 4.78 is 5.85. The molecule has 2 heterocycles. The molecule has 1 unspecified atom stereocenters. The molecule has 3 rings (SSSR count). The summed E-state index contributed by atoms with van der Waals surface area (Å²) in [4.78, 5) is 33.0. The van der Waals surface area contributed by atoms with Crippen LogP contribution in [0.1, 0.15) is 62.0 Å². The summed E-state index contributed by atoms with van der Waals surface area (Å²) in [5.74, 6) is -0.0251. The maximum atomic E-state index is 13.7.